The molecule has 1 rings (SSSR count). The van der Waals surface area contributed by atoms with Gasteiger partial charge in [0.1, 0.15) is 11.5 Å². The lowest BCUT2D eigenvalue weighted by Crippen LogP contribution is -2.18. The Kier molecular flexibility index (Phi) is 7.70. The molecule has 20 heavy (non-hydrogen) atoms. The van der Waals surface area contributed by atoms with Crippen LogP contribution in [0.15, 0.2) is 18.2 Å². The largest absolute Gasteiger partial charge is 0.573 e. The maximum Gasteiger partial charge on any atom is 0.573 e. The highest BCUT2D eigenvalue weighted by molar-refractivity contribution is 5.85. The Morgan fingerprint density at radius 3 is 2.45 bits per heavy atom. The van der Waals surface area contributed by atoms with E-state index in [1.165, 1.54) is 25.3 Å². The fraction of sp³-hybridized carbons (Fsp3) is 0.500. The van der Waals surface area contributed by atoms with Gasteiger partial charge in [0.25, 0.3) is 0 Å². The van der Waals surface area contributed by atoms with Crippen LogP contribution in [0.5, 0.6) is 11.5 Å². The minimum absolute atomic E-state index is 0. The lowest BCUT2D eigenvalue weighted by atomic mass is 10.0. The Balaban J connectivity index is 0.00000361. The van der Waals surface area contributed by atoms with Gasteiger partial charge < -0.3 is 20.9 Å². The molecule has 0 aliphatic carbocycles. The van der Waals surface area contributed by atoms with Gasteiger partial charge in [-0.2, -0.15) is 0 Å². The van der Waals surface area contributed by atoms with Gasteiger partial charge in [-0.05, 0) is 37.6 Å². The molecule has 4 N–H and O–H groups in total. The number of benzene rings is 1. The molecule has 0 saturated heterocycles. The van der Waals surface area contributed by atoms with Gasteiger partial charge in [0.2, 0.25) is 0 Å². The fourth-order valence-electron chi connectivity index (χ4n) is 1.69. The first-order valence-corrected chi connectivity index (χ1v) is 5.76. The summed E-state index contributed by atoms with van der Waals surface area (Å²) in [6, 6.07) is 3.38. The summed E-state index contributed by atoms with van der Waals surface area (Å²) in [5, 5.41) is 0. The molecule has 0 fully saturated rings. The van der Waals surface area contributed by atoms with E-state index in [0.717, 1.165) is 0 Å². The van der Waals surface area contributed by atoms with Crippen LogP contribution >= 0.6 is 12.4 Å². The van der Waals surface area contributed by atoms with Gasteiger partial charge in [0.05, 0.1) is 7.11 Å². The molecular weight excluding hydrogens is 297 g/mol. The van der Waals surface area contributed by atoms with Crippen molar-refractivity contribution >= 4 is 12.4 Å². The average molecular weight is 315 g/mol. The van der Waals surface area contributed by atoms with Crippen molar-refractivity contribution in [2.45, 2.75) is 25.2 Å². The van der Waals surface area contributed by atoms with E-state index in [1.54, 1.807) is 0 Å². The molecule has 8 heteroatoms. The molecule has 4 nitrogen and oxygen atoms in total. The quantitative estimate of drug-likeness (QED) is 0.847. The molecular formula is C12H18ClF3N2O2. The molecule has 0 amide bonds. The normalized spacial score (nSPS) is 12.5. The maximum atomic E-state index is 12.2. The highest BCUT2D eigenvalue weighted by atomic mass is 35.5. The van der Waals surface area contributed by atoms with E-state index in [4.69, 9.17) is 16.2 Å². The zero-order chi connectivity index (χ0) is 14.5. The third-order valence-electron chi connectivity index (χ3n) is 2.55. The molecule has 116 valence electrons. The summed E-state index contributed by atoms with van der Waals surface area (Å²) in [6.07, 6.45) is -3.50. The summed E-state index contributed by atoms with van der Waals surface area (Å²) in [6.45, 7) is 0.467. The zero-order valence-electron chi connectivity index (χ0n) is 10.9. The number of hydrogen-bond acceptors (Lipinski definition) is 4. The molecule has 0 radical (unpaired) electrons. The van der Waals surface area contributed by atoms with Crippen LogP contribution in [0.4, 0.5) is 13.2 Å². The molecule has 0 aliphatic heterocycles. The lowest BCUT2D eigenvalue weighted by Gasteiger charge is -2.17. The van der Waals surface area contributed by atoms with Crippen molar-refractivity contribution in [3.8, 4) is 11.5 Å². The van der Waals surface area contributed by atoms with Crippen LogP contribution < -0.4 is 20.9 Å². The summed E-state index contributed by atoms with van der Waals surface area (Å²) < 4.78 is 45.4. The molecule has 1 atom stereocenters. The summed E-state index contributed by atoms with van der Waals surface area (Å²) in [5.41, 5.74) is 11.8. The first-order valence-electron chi connectivity index (χ1n) is 5.76. The summed E-state index contributed by atoms with van der Waals surface area (Å²) in [5.74, 6) is 0.116. The Labute approximate surface area is 121 Å². The van der Waals surface area contributed by atoms with Crippen LogP contribution in [0, 0.1) is 0 Å². The van der Waals surface area contributed by atoms with Crippen molar-refractivity contribution in [2.24, 2.45) is 11.5 Å². The van der Waals surface area contributed by atoms with Gasteiger partial charge >= 0.3 is 6.36 Å². The van der Waals surface area contributed by atoms with Gasteiger partial charge in [0, 0.05) is 11.6 Å². The minimum atomic E-state index is -4.73. The van der Waals surface area contributed by atoms with Crippen LogP contribution in [0.25, 0.3) is 0 Å². The maximum absolute atomic E-state index is 12.2. The van der Waals surface area contributed by atoms with E-state index in [9.17, 15) is 13.2 Å². The summed E-state index contributed by atoms with van der Waals surface area (Å²) in [7, 11) is 1.43. The minimum Gasteiger partial charge on any atom is -0.496 e. The average Bonchev–Trinajstić information content (AvgIpc) is 2.34. The van der Waals surface area contributed by atoms with Crippen LogP contribution in [-0.2, 0) is 0 Å². The summed E-state index contributed by atoms with van der Waals surface area (Å²) in [4.78, 5) is 0. The van der Waals surface area contributed by atoms with Crippen LogP contribution in [0.3, 0.4) is 0 Å². The second-order valence-electron chi connectivity index (χ2n) is 3.99. The molecule has 0 aromatic heterocycles. The smallest absolute Gasteiger partial charge is 0.496 e. The Morgan fingerprint density at radius 2 is 1.95 bits per heavy atom. The van der Waals surface area contributed by atoms with E-state index in [0.29, 0.717) is 30.7 Å². The van der Waals surface area contributed by atoms with Crippen LogP contribution in [-0.4, -0.2) is 20.0 Å². The molecule has 0 spiro atoms. The van der Waals surface area contributed by atoms with Gasteiger partial charge in [-0.1, -0.05) is 0 Å². The first kappa shape index (κ1) is 18.8. The third-order valence-corrected chi connectivity index (χ3v) is 2.55. The van der Waals surface area contributed by atoms with Gasteiger partial charge in [0.15, 0.2) is 0 Å². The number of alkyl halides is 3. The van der Waals surface area contributed by atoms with Crippen molar-refractivity contribution in [3.63, 3.8) is 0 Å². The highest BCUT2D eigenvalue weighted by Gasteiger charge is 2.31. The fourth-order valence-corrected chi connectivity index (χ4v) is 1.69. The van der Waals surface area contributed by atoms with E-state index >= 15 is 0 Å². The Morgan fingerprint density at radius 1 is 1.30 bits per heavy atom. The topological polar surface area (TPSA) is 70.5 Å². The summed E-state index contributed by atoms with van der Waals surface area (Å²) >= 11 is 0. The van der Waals surface area contributed by atoms with Gasteiger partial charge in [-0.3, -0.25) is 0 Å². The molecule has 1 aromatic carbocycles. The Hall–Kier alpha value is -1.18. The van der Waals surface area contributed by atoms with Crippen molar-refractivity contribution in [2.75, 3.05) is 13.7 Å². The van der Waals surface area contributed by atoms with Crippen molar-refractivity contribution in [3.05, 3.63) is 23.8 Å². The monoisotopic (exact) mass is 314 g/mol. The molecule has 0 aliphatic rings. The molecule has 1 aromatic rings. The molecule has 0 bridgehead atoms. The second kappa shape index (κ2) is 8.18. The van der Waals surface area contributed by atoms with E-state index < -0.39 is 12.4 Å². The zero-order valence-corrected chi connectivity index (χ0v) is 11.8. The van der Waals surface area contributed by atoms with Crippen LogP contribution in [0.1, 0.15) is 24.4 Å². The number of rotatable bonds is 6. The predicted octanol–water partition coefficient (Wildman–Crippen LogP) is 2.75. The van der Waals surface area contributed by atoms with E-state index in [1.807, 2.05) is 0 Å². The van der Waals surface area contributed by atoms with E-state index in [-0.39, 0.29) is 18.2 Å². The van der Waals surface area contributed by atoms with Gasteiger partial charge in [-0.25, -0.2) is 0 Å². The number of methoxy groups -OCH3 is 1. The van der Waals surface area contributed by atoms with Crippen LogP contribution in [0.2, 0.25) is 0 Å². The van der Waals surface area contributed by atoms with Crippen molar-refractivity contribution in [1.82, 2.24) is 0 Å². The van der Waals surface area contributed by atoms with Crippen molar-refractivity contribution < 1.29 is 22.6 Å². The number of ether oxygens (including phenoxy) is 2. The third kappa shape index (κ3) is 5.85. The first-order chi connectivity index (χ1) is 8.87. The molecule has 0 unspecified atom stereocenters. The molecule has 0 saturated carbocycles. The molecule has 0 heterocycles. The number of halogens is 4. The highest BCUT2D eigenvalue weighted by Crippen LogP contribution is 2.32. The SMILES string of the molecule is COc1ccc(OC(F)(F)F)cc1[C@@H](N)CCCN.Cl. The number of nitrogens with two attached hydrogens (primary N) is 2. The lowest BCUT2D eigenvalue weighted by molar-refractivity contribution is -0.274. The number of hydrogen-bond donors (Lipinski definition) is 2. The second-order valence-corrected chi connectivity index (χ2v) is 3.99. The predicted molar refractivity (Wildman–Crippen MR) is 72.1 cm³/mol. The Bertz CT molecular complexity index is 416. The van der Waals surface area contributed by atoms with Crippen molar-refractivity contribution in [1.29, 1.82) is 0 Å². The van der Waals surface area contributed by atoms with E-state index in [2.05, 4.69) is 4.74 Å². The standard InChI is InChI=1S/C12H17F3N2O2.ClH/c1-18-11-5-4-8(19-12(13,14)15)7-9(11)10(17)3-2-6-16;/h4-5,7,10H,2-3,6,16-17H2,1H3;1H/t10-;/m0./s1. The van der Waals surface area contributed by atoms with Gasteiger partial charge in [-0.15, -0.1) is 25.6 Å².